The molecule has 1 saturated heterocycles. The van der Waals surface area contributed by atoms with E-state index in [1.54, 1.807) is 4.90 Å². The van der Waals surface area contributed by atoms with Crippen molar-refractivity contribution in [3.8, 4) is 0 Å². The number of hydrogen-bond donors (Lipinski definition) is 0. The molecule has 0 aromatic heterocycles. The van der Waals surface area contributed by atoms with Gasteiger partial charge >= 0.3 is 0 Å². The van der Waals surface area contributed by atoms with Gasteiger partial charge in [0.15, 0.2) is 0 Å². The van der Waals surface area contributed by atoms with Crippen molar-refractivity contribution in [2.24, 2.45) is 5.92 Å². The summed E-state index contributed by atoms with van der Waals surface area (Å²) in [5, 5.41) is 0. The Hall–Kier alpha value is -1.31. The molecule has 0 saturated carbocycles. The van der Waals surface area contributed by atoms with Gasteiger partial charge in [0.05, 0.1) is 0 Å². The first-order valence-corrected chi connectivity index (χ1v) is 4.48. The van der Waals surface area contributed by atoms with Gasteiger partial charge < -0.3 is 4.90 Å². The number of nitrogens with zero attached hydrogens (tertiary/aromatic N) is 1. The molecule has 2 rings (SSSR count). The van der Waals surface area contributed by atoms with E-state index >= 15 is 0 Å². The molecule has 0 spiro atoms. The number of benzene rings is 1. The van der Waals surface area contributed by atoms with Crippen molar-refractivity contribution >= 4 is 11.6 Å². The minimum absolute atomic E-state index is 0.0554. The lowest BCUT2D eigenvalue weighted by molar-refractivity contribution is -0.119. The molecule has 2 heteroatoms. The Labute approximate surface area is 78.2 Å². The Bertz CT molecular complexity index is 307. The summed E-state index contributed by atoms with van der Waals surface area (Å²) < 4.78 is 0. The summed E-state index contributed by atoms with van der Waals surface area (Å²) >= 11 is 0. The maximum atomic E-state index is 11.6. The van der Waals surface area contributed by atoms with Crippen molar-refractivity contribution in [1.29, 1.82) is 0 Å². The molecule has 1 unspecified atom stereocenters. The van der Waals surface area contributed by atoms with E-state index in [0.29, 0.717) is 0 Å². The van der Waals surface area contributed by atoms with Crippen LogP contribution in [0.5, 0.6) is 0 Å². The Morgan fingerprint density at radius 1 is 1.31 bits per heavy atom. The number of amides is 1. The predicted molar refractivity (Wildman–Crippen MR) is 52.3 cm³/mol. The fraction of sp³-hybridized carbons (Fsp3) is 0.273. The fourth-order valence-electron chi connectivity index (χ4n) is 1.60. The zero-order valence-corrected chi connectivity index (χ0v) is 7.44. The zero-order valence-electron chi connectivity index (χ0n) is 7.44. The normalized spacial score (nSPS) is 22.4. The second kappa shape index (κ2) is 3.21. The lowest BCUT2D eigenvalue weighted by atomic mass is 10.1. The molecule has 67 valence electrons. The molecule has 1 aliphatic heterocycles. The Balaban J connectivity index is 2.24. The van der Waals surface area contributed by atoms with Crippen LogP contribution in [-0.4, -0.2) is 12.5 Å². The topological polar surface area (TPSA) is 20.3 Å². The molecule has 1 heterocycles. The molecule has 0 aliphatic carbocycles. The molecule has 1 aliphatic rings. The van der Waals surface area contributed by atoms with Crippen LogP contribution in [0.4, 0.5) is 5.69 Å². The summed E-state index contributed by atoms with van der Waals surface area (Å²) in [7, 11) is 0. The summed E-state index contributed by atoms with van der Waals surface area (Å²) in [6.45, 7) is 4.61. The molecular formula is C11H12NO. The highest BCUT2D eigenvalue weighted by molar-refractivity contribution is 5.97. The van der Waals surface area contributed by atoms with Crippen LogP contribution in [-0.2, 0) is 4.79 Å². The monoisotopic (exact) mass is 174 g/mol. The SMILES string of the molecule is [CH2]C1CCN(c2ccccc2)C1=O. The van der Waals surface area contributed by atoms with Crippen molar-refractivity contribution in [2.75, 3.05) is 11.4 Å². The van der Waals surface area contributed by atoms with Gasteiger partial charge in [-0.2, -0.15) is 0 Å². The first-order valence-electron chi connectivity index (χ1n) is 4.48. The third-order valence-electron chi connectivity index (χ3n) is 2.38. The number of para-hydroxylation sites is 1. The van der Waals surface area contributed by atoms with Gasteiger partial charge in [0.25, 0.3) is 0 Å². The van der Waals surface area contributed by atoms with Crippen LogP contribution in [0.3, 0.4) is 0 Å². The van der Waals surface area contributed by atoms with Gasteiger partial charge in [-0.25, -0.2) is 0 Å². The number of carbonyl (C=O) groups excluding carboxylic acids is 1. The Morgan fingerprint density at radius 3 is 2.54 bits per heavy atom. The standard InChI is InChI=1S/C11H12NO/c1-9-7-8-12(11(9)13)10-5-3-2-4-6-10/h2-6,9H,1,7-8H2. The van der Waals surface area contributed by atoms with Crippen LogP contribution in [0.2, 0.25) is 0 Å². The molecule has 0 bridgehead atoms. The average Bonchev–Trinajstić information content (AvgIpc) is 2.49. The fourth-order valence-corrected chi connectivity index (χ4v) is 1.60. The van der Waals surface area contributed by atoms with E-state index in [-0.39, 0.29) is 11.8 Å². The van der Waals surface area contributed by atoms with E-state index in [1.165, 1.54) is 0 Å². The van der Waals surface area contributed by atoms with Gasteiger partial charge in [-0.3, -0.25) is 4.79 Å². The Morgan fingerprint density at radius 2 is 2.00 bits per heavy atom. The van der Waals surface area contributed by atoms with E-state index in [4.69, 9.17) is 0 Å². The van der Waals surface area contributed by atoms with Crippen LogP contribution >= 0.6 is 0 Å². The number of rotatable bonds is 1. The molecule has 1 radical (unpaired) electrons. The quantitative estimate of drug-likeness (QED) is 0.636. The maximum Gasteiger partial charge on any atom is 0.230 e. The minimum atomic E-state index is -0.0554. The first kappa shape index (κ1) is 8.30. The van der Waals surface area contributed by atoms with Crippen molar-refractivity contribution in [3.63, 3.8) is 0 Å². The van der Waals surface area contributed by atoms with Crippen LogP contribution in [0.15, 0.2) is 30.3 Å². The van der Waals surface area contributed by atoms with Gasteiger partial charge in [0.1, 0.15) is 0 Å². The summed E-state index contributed by atoms with van der Waals surface area (Å²) in [6.07, 6.45) is 0.869. The highest BCUT2D eigenvalue weighted by atomic mass is 16.2. The van der Waals surface area contributed by atoms with Crippen molar-refractivity contribution in [3.05, 3.63) is 37.3 Å². The predicted octanol–water partition coefficient (Wildman–Crippen LogP) is 1.87. The minimum Gasteiger partial charge on any atom is -0.312 e. The molecule has 0 N–H and O–H groups in total. The van der Waals surface area contributed by atoms with Crippen LogP contribution in [0.1, 0.15) is 6.42 Å². The highest BCUT2D eigenvalue weighted by Crippen LogP contribution is 2.23. The van der Waals surface area contributed by atoms with Crippen molar-refractivity contribution in [1.82, 2.24) is 0 Å². The summed E-state index contributed by atoms with van der Waals surface area (Å²) in [5.41, 5.74) is 0.985. The molecule has 1 fully saturated rings. The third kappa shape index (κ3) is 1.44. The van der Waals surface area contributed by atoms with Gasteiger partial charge in [-0.05, 0) is 25.5 Å². The van der Waals surface area contributed by atoms with Crippen LogP contribution < -0.4 is 4.90 Å². The van der Waals surface area contributed by atoms with E-state index in [0.717, 1.165) is 18.7 Å². The molecule has 13 heavy (non-hydrogen) atoms. The number of carbonyl (C=O) groups is 1. The van der Waals surface area contributed by atoms with Crippen molar-refractivity contribution in [2.45, 2.75) is 6.42 Å². The van der Waals surface area contributed by atoms with Gasteiger partial charge in [-0.15, -0.1) is 0 Å². The summed E-state index contributed by atoms with van der Waals surface area (Å²) in [5.74, 6) is 0.0893. The molecule has 1 aromatic rings. The lowest BCUT2D eigenvalue weighted by Gasteiger charge is -2.15. The second-order valence-electron chi connectivity index (χ2n) is 3.31. The summed E-state index contributed by atoms with van der Waals surface area (Å²) in [6, 6.07) is 9.75. The molecule has 2 nitrogen and oxygen atoms in total. The third-order valence-corrected chi connectivity index (χ3v) is 2.38. The van der Waals surface area contributed by atoms with E-state index < -0.39 is 0 Å². The zero-order chi connectivity index (χ0) is 9.26. The van der Waals surface area contributed by atoms with E-state index in [2.05, 4.69) is 6.92 Å². The summed E-state index contributed by atoms with van der Waals surface area (Å²) in [4.78, 5) is 13.4. The van der Waals surface area contributed by atoms with E-state index in [9.17, 15) is 4.79 Å². The molecular weight excluding hydrogens is 162 g/mol. The maximum absolute atomic E-state index is 11.6. The van der Waals surface area contributed by atoms with Gasteiger partial charge in [-0.1, -0.05) is 18.2 Å². The molecule has 1 atom stereocenters. The highest BCUT2D eigenvalue weighted by Gasteiger charge is 2.28. The second-order valence-corrected chi connectivity index (χ2v) is 3.31. The number of hydrogen-bond acceptors (Lipinski definition) is 1. The van der Waals surface area contributed by atoms with Crippen LogP contribution in [0.25, 0.3) is 0 Å². The smallest absolute Gasteiger partial charge is 0.230 e. The number of anilines is 1. The van der Waals surface area contributed by atoms with Crippen LogP contribution in [0, 0.1) is 12.8 Å². The van der Waals surface area contributed by atoms with E-state index in [1.807, 2.05) is 30.3 Å². The van der Waals surface area contributed by atoms with Gasteiger partial charge in [0.2, 0.25) is 5.91 Å². The van der Waals surface area contributed by atoms with Gasteiger partial charge in [0, 0.05) is 18.2 Å². The Kier molecular flexibility index (Phi) is 2.05. The largest absolute Gasteiger partial charge is 0.312 e. The molecule has 1 aromatic carbocycles. The molecule has 1 amide bonds. The van der Waals surface area contributed by atoms with Crippen molar-refractivity contribution < 1.29 is 4.79 Å². The first-order chi connectivity index (χ1) is 6.29. The lowest BCUT2D eigenvalue weighted by Crippen LogP contribution is -2.25. The average molecular weight is 174 g/mol.